The molecule has 6 heteroatoms. The Morgan fingerprint density at radius 2 is 1.89 bits per heavy atom. The van der Waals surface area contributed by atoms with Crippen molar-refractivity contribution in [2.45, 2.75) is 24.9 Å². The van der Waals surface area contributed by atoms with Crippen LogP contribution in [0.2, 0.25) is 0 Å². The van der Waals surface area contributed by atoms with Gasteiger partial charge in [-0.25, -0.2) is 4.98 Å². The van der Waals surface area contributed by atoms with Crippen molar-refractivity contribution in [2.75, 3.05) is 19.6 Å². The van der Waals surface area contributed by atoms with Gasteiger partial charge in [0.05, 0.1) is 11.9 Å². The van der Waals surface area contributed by atoms with Crippen LogP contribution in [0.1, 0.15) is 30.1 Å². The lowest BCUT2D eigenvalue weighted by Crippen LogP contribution is -2.46. The van der Waals surface area contributed by atoms with E-state index in [0.29, 0.717) is 11.6 Å². The molecule has 0 aliphatic carbocycles. The smallest absolute Gasteiger partial charge is 0.303 e. The van der Waals surface area contributed by atoms with E-state index in [2.05, 4.69) is 14.9 Å². The Bertz CT molecular complexity index is 438. The molecule has 1 aromatic rings. The molecular formula is C12H14F3N3. The Kier molecular flexibility index (Phi) is 2.77. The zero-order valence-corrected chi connectivity index (χ0v) is 9.82. The van der Waals surface area contributed by atoms with Crippen LogP contribution in [0.5, 0.6) is 0 Å². The molecular weight excluding hydrogens is 243 g/mol. The van der Waals surface area contributed by atoms with Gasteiger partial charge in [0.15, 0.2) is 5.69 Å². The van der Waals surface area contributed by atoms with Gasteiger partial charge in [-0.05, 0) is 31.8 Å². The van der Waals surface area contributed by atoms with E-state index in [9.17, 15) is 13.2 Å². The summed E-state index contributed by atoms with van der Waals surface area (Å²) in [5.41, 5.74) is -0.379. The van der Waals surface area contributed by atoms with Gasteiger partial charge >= 0.3 is 6.18 Å². The molecule has 0 radical (unpaired) electrons. The second kappa shape index (κ2) is 4.19. The fourth-order valence-electron chi connectivity index (χ4n) is 3.00. The third-order valence-electron chi connectivity index (χ3n) is 3.98. The molecule has 4 rings (SSSR count). The van der Waals surface area contributed by atoms with Crippen LogP contribution in [0, 0.1) is 5.92 Å². The summed E-state index contributed by atoms with van der Waals surface area (Å²) in [5, 5.41) is 0. The maximum absolute atomic E-state index is 12.6. The van der Waals surface area contributed by atoms with Crippen molar-refractivity contribution in [1.29, 1.82) is 0 Å². The first-order valence-electron chi connectivity index (χ1n) is 6.15. The van der Waals surface area contributed by atoms with Crippen molar-refractivity contribution in [3.8, 4) is 0 Å². The lowest BCUT2D eigenvalue weighted by molar-refractivity contribution is -0.141. The Hall–Kier alpha value is -1.17. The van der Waals surface area contributed by atoms with Gasteiger partial charge in [0.2, 0.25) is 0 Å². The van der Waals surface area contributed by atoms with E-state index in [0.717, 1.165) is 38.7 Å². The van der Waals surface area contributed by atoms with E-state index in [-0.39, 0.29) is 5.92 Å². The summed E-state index contributed by atoms with van der Waals surface area (Å²) in [6.07, 6.45) is -0.00520. The number of aromatic nitrogens is 2. The zero-order chi connectivity index (χ0) is 12.8. The average Bonchev–Trinajstić information content (AvgIpc) is 2.39. The van der Waals surface area contributed by atoms with Crippen molar-refractivity contribution in [2.24, 2.45) is 5.92 Å². The Morgan fingerprint density at radius 3 is 2.44 bits per heavy atom. The van der Waals surface area contributed by atoms with E-state index in [1.165, 1.54) is 6.20 Å². The Balaban J connectivity index is 1.88. The number of fused-ring (bicyclic) bond motifs is 3. The minimum Gasteiger partial charge on any atom is -0.303 e. The Morgan fingerprint density at radius 1 is 1.17 bits per heavy atom. The molecule has 18 heavy (non-hydrogen) atoms. The van der Waals surface area contributed by atoms with Crippen molar-refractivity contribution in [1.82, 2.24) is 14.9 Å². The molecule has 1 aromatic heterocycles. The highest BCUT2D eigenvalue weighted by Gasteiger charge is 2.38. The first-order chi connectivity index (χ1) is 8.54. The lowest BCUT2D eigenvalue weighted by Gasteiger charge is -2.44. The quantitative estimate of drug-likeness (QED) is 0.773. The number of hydrogen-bond donors (Lipinski definition) is 0. The molecule has 0 aromatic carbocycles. The summed E-state index contributed by atoms with van der Waals surface area (Å²) in [7, 11) is 0. The monoisotopic (exact) mass is 257 g/mol. The van der Waals surface area contributed by atoms with Crippen molar-refractivity contribution >= 4 is 0 Å². The van der Waals surface area contributed by atoms with E-state index < -0.39 is 11.9 Å². The predicted octanol–water partition coefficient (Wildman–Crippen LogP) is 2.30. The number of piperidine rings is 3. The maximum Gasteiger partial charge on any atom is 0.434 e. The first kappa shape index (κ1) is 11.9. The molecule has 3 saturated heterocycles. The minimum atomic E-state index is -4.41. The molecule has 3 fully saturated rings. The van der Waals surface area contributed by atoms with Crippen LogP contribution in [-0.4, -0.2) is 34.5 Å². The number of rotatable bonds is 1. The molecule has 0 spiro atoms. The highest BCUT2D eigenvalue weighted by molar-refractivity contribution is 5.14. The van der Waals surface area contributed by atoms with Gasteiger partial charge in [-0.15, -0.1) is 0 Å². The van der Waals surface area contributed by atoms with Crippen molar-refractivity contribution < 1.29 is 13.2 Å². The molecule has 3 nitrogen and oxygen atoms in total. The summed E-state index contributed by atoms with van der Waals surface area (Å²) in [5.74, 6) is 0.579. The highest BCUT2D eigenvalue weighted by atomic mass is 19.4. The van der Waals surface area contributed by atoms with Crippen LogP contribution in [0.25, 0.3) is 0 Å². The van der Waals surface area contributed by atoms with Gasteiger partial charge in [-0.1, -0.05) is 0 Å². The number of alkyl halides is 3. The summed E-state index contributed by atoms with van der Waals surface area (Å²) >= 11 is 0. The standard InChI is InChI=1S/C12H14F3N3/c13-12(14,15)11-6-16-5-10(17-11)9-7-18-3-1-8(9)2-4-18/h5-6,8-9H,1-4,7H2/t9-/m1/s1. The van der Waals surface area contributed by atoms with Crippen molar-refractivity contribution in [3.05, 3.63) is 23.8 Å². The third-order valence-corrected chi connectivity index (χ3v) is 3.98. The molecule has 3 aliphatic rings. The van der Waals surface area contributed by atoms with E-state index in [1.807, 2.05) is 0 Å². The second-order valence-corrected chi connectivity index (χ2v) is 5.07. The van der Waals surface area contributed by atoms with Crippen molar-refractivity contribution in [3.63, 3.8) is 0 Å². The largest absolute Gasteiger partial charge is 0.434 e. The second-order valence-electron chi connectivity index (χ2n) is 5.07. The SMILES string of the molecule is FC(F)(F)c1cncc([C@@H]2CN3CCC2CC3)n1. The summed E-state index contributed by atoms with van der Waals surface area (Å²) in [6, 6.07) is 0. The van der Waals surface area contributed by atoms with E-state index in [4.69, 9.17) is 0 Å². The van der Waals surface area contributed by atoms with Crippen LogP contribution >= 0.6 is 0 Å². The van der Waals surface area contributed by atoms with Crippen LogP contribution in [0.4, 0.5) is 13.2 Å². The third kappa shape index (κ3) is 2.09. The first-order valence-corrected chi connectivity index (χ1v) is 6.15. The highest BCUT2D eigenvalue weighted by Crippen LogP contribution is 2.38. The van der Waals surface area contributed by atoms with Gasteiger partial charge in [-0.3, -0.25) is 4.98 Å². The Labute approximate surface area is 103 Å². The lowest BCUT2D eigenvalue weighted by atomic mass is 9.77. The summed E-state index contributed by atoms with van der Waals surface area (Å²) in [6.45, 7) is 2.95. The fourth-order valence-corrected chi connectivity index (χ4v) is 3.00. The molecule has 0 N–H and O–H groups in total. The topological polar surface area (TPSA) is 29.0 Å². The van der Waals surface area contributed by atoms with E-state index >= 15 is 0 Å². The molecule has 0 saturated carbocycles. The summed E-state index contributed by atoms with van der Waals surface area (Å²) < 4.78 is 37.8. The molecule has 4 heterocycles. The number of hydrogen-bond acceptors (Lipinski definition) is 3. The summed E-state index contributed by atoms with van der Waals surface area (Å²) in [4.78, 5) is 9.78. The number of halogens is 3. The van der Waals surface area contributed by atoms with E-state index in [1.54, 1.807) is 0 Å². The average molecular weight is 257 g/mol. The zero-order valence-electron chi connectivity index (χ0n) is 9.82. The molecule has 2 bridgehead atoms. The minimum absolute atomic E-state index is 0.113. The predicted molar refractivity (Wildman–Crippen MR) is 58.9 cm³/mol. The van der Waals surface area contributed by atoms with Gasteiger partial charge in [0.1, 0.15) is 0 Å². The van der Waals surface area contributed by atoms with Gasteiger partial charge in [0.25, 0.3) is 0 Å². The van der Waals surface area contributed by atoms with Crippen LogP contribution in [0.3, 0.4) is 0 Å². The van der Waals surface area contributed by atoms with Crippen LogP contribution in [-0.2, 0) is 6.18 Å². The normalized spacial score (nSPS) is 31.6. The molecule has 0 unspecified atom stereocenters. The molecule has 0 amide bonds. The van der Waals surface area contributed by atoms with Gasteiger partial charge in [0, 0.05) is 18.7 Å². The molecule has 1 atom stereocenters. The number of nitrogens with zero attached hydrogens (tertiary/aromatic N) is 3. The van der Waals surface area contributed by atoms with Gasteiger partial charge in [-0.2, -0.15) is 13.2 Å². The van der Waals surface area contributed by atoms with Crippen LogP contribution < -0.4 is 0 Å². The molecule has 3 aliphatic heterocycles. The molecule has 98 valence electrons. The van der Waals surface area contributed by atoms with Crippen LogP contribution in [0.15, 0.2) is 12.4 Å². The maximum atomic E-state index is 12.6. The van der Waals surface area contributed by atoms with Gasteiger partial charge < -0.3 is 4.90 Å². The fraction of sp³-hybridized carbons (Fsp3) is 0.667.